The fourth-order valence-corrected chi connectivity index (χ4v) is 1.43. The van der Waals surface area contributed by atoms with Crippen LogP contribution in [0.3, 0.4) is 0 Å². The normalized spacial score (nSPS) is 17.5. The van der Waals surface area contributed by atoms with Crippen LogP contribution in [0, 0.1) is 11.8 Å². The molecule has 0 spiro atoms. The molecule has 1 aliphatic rings. The van der Waals surface area contributed by atoms with Gasteiger partial charge in [-0.25, -0.2) is 0 Å². The third-order valence-corrected chi connectivity index (χ3v) is 2.38. The molecule has 15 heavy (non-hydrogen) atoms. The molecule has 0 bridgehead atoms. The van der Waals surface area contributed by atoms with Crippen LogP contribution in [0.1, 0.15) is 13.8 Å². The summed E-state index contributed by atoms with van der Waals surface area (Å²) in [5.41, 5.74) is 0. The van der Waals surface area contributed by atoms with Gasteiger partial charge in [0.2, 0.25) is 5.91 Å². The Kier molecular flexibility index (Phi) is 4.08. The molecule has 1 fully saturated rings. The third kappa shape index (κ3) is 3.87. The maximum Gasteiger partial charge on any atom is 0.309 e. The largest absolute Gasteiger partial charge is 0.481 e. The number of aliphatic carboxylic acids is 1. The first-order valence-corrected chi connectivity index (χ1v) is 5.21. The molecule has 1 rings (SSSR count). The summed E-state index contributed by atoms with van der Waals surface area (Å²) in [4.78, 5) is 23.7. The molecule has 0 unspecified atom stereocenters. The van der Waals surface area contributed by atoms with Crippen LogP contribution in [-0.4, -0.2) is 48.1 Å². The number of nitrogens with one attached hydrogen (secondary N) is 1. The van der Waals surface area contributed by atoms with E-state index in [1.807, 2.05) is 18.7 Å². The molecule has 1 amide bonds. The minimum absolute atomic E-state index is 0.0208. The van der Waals surface area contributed by atoms with E-state index in [1.165, 1.54) is 0 Å². The van der Waals surface area contributed by atoms with Crippen molar-refractivity contribution in [2.24, 2.45) is 11.8 Å². The highest BCUT2D eigenvalue weighted by Crippen LogP contribution is 2.14. The van der Waals surface area contributed by atoms with Gasteiger partial charge in [0.15, 0.2) is 0 Å². The van der Waals surface area contributed by atoms with E-state index >= 15 is 0 Å². The van der Waals surface area contributed by atoms with Crippen molar-refractivity contribution in [3.63, 3.8) is 0 Å². The highest BCUT2D eigenvalue weighted by molar-refractivity contribution is 5.78. The van der Waals surface area contributed by atoms with Gasteiger partial charge in [-0.2, -0.15) is 0 Å². The van der Waals surface area contributed by atoms with E-state index < -0.39 is 5.97 Å². The number of hydrogen-bond donors (Lipinski definition) is 2. The number of hydrogen-bond acceptors (Lipinski definition) is 3. The monoisotopic (exact) mass is 214 g/mol. The van der Waals surface area contributed by atoms with Crippen LogP contribution in [0.5, 0.6) is 0 Å². The molecular formula is C10H18N2O3. The predicted octanol–water partition coefficient (Wildman–Crippen LogP) is -0.225. The molecule has 0 aliphatic carbocycles. The first-order valence-electron chi connectivity index (χ1n) is 5.21. The van der Waals surface area contributed by atoms with Crippen molar-refractivity contribution in [3.8, 4) is 0 Å². The number of carbonyl (C=O) groups is 2. The number of carbonyl (C=O) groups excluding carboxylic acids is 1. The summed E-state index contributed by atoms with van der Waals surface area (Å²) < 4.78 is 0. The van der Waals surface area contributed by atoms with E-state index in [2.05, 4.69) is 5.32 Å². The fraction of sp³-hybridized carbons (Fsp3) is 0.800. The molecule has 1 saturated heterocycles. The molecule has 0 atom stereocenters. The first kappa shape index (κ1) is 12.0. The molecule has 0 aromatic carbocycles. The van der Waals surface area contributed by atoms with Gasteiger partial charge in [-0.15, -0.1) is 0 Å². The fourth-order valence-electron chi connectivity index (χ4n) is 1.43. The Morgan fingerprint density at radius 1 is 1.47 bits per heavy atom. The van der Waals surface area contributed by atoms with Crippen LogP contribution < -0.4 is 5.32 Å². The average molecular weight is 214 g/mol. The molecular weight excluding hydrogens is 196 g/mol. The second-order valence-electron chi connectivity index (χ2n) is 4.43. The lowest BCUT2D eigenvalue weighted by Gasteiger charge is -2.35. The summed E-state index contributed by atoms with van der Waals surface area (Å²) in [7, 11) is 0. The molecule has 5 nitrogen and oxygen atoms in total. The van der Waals surface area contributed by atoms with E-state index in [1.54, 1.807) is 0 Å². The number of carboxylic acids is 1. The molecule has 0 radical (unpaired) electrons. The lowest BCUT2D eigenvalue weighted by atomic mass is 10.0. The van der Waals surface area contributed by atoms with Gasteiger partial charge in [0.1, 0.15) is 0 Å². The molecule has 0 aromatic rings. The number of nitrogens with zero attached hydrogens (tertiary/aromatic N) is 1. The van der Waals surface area contributed by atoms with Crippen molar-refractivity contribution in [2.75, 3.05) is 26.2 Å². The maximum atomic E-state index is 11.3. The maximum absolute atomic E-state index is 11.3. The van der Waals surface area contributed by atoms with Crippen LogP contribution >= 0.6 is 0 Å². The van der Waals surface area contributed by atoms with Crippen molar-refractivity contribution in [2.45, 2.75) is 13.8 Å². The van der Waals surface area contributed by atoms with Gasteiger partial charge in [0.25, 0.3) is 0 Å². The first-order chi connectivity index (χ1) is 6.99. The SMILES string of the molecule is CC(C)CNC(=O)CN1CC(C(=O)O)C1. The molecule has 0 aromatic heterocycles. The van der Waals surface area contributed by atoms with Gasteiger partial charge >= 0.3 is 5.97 Å². The van der Waals surface area contributed by atoms with E-state index in [9.17, 15) is 9.59 Å². The van der Waals surface area contributed by atoms with E-state index in [-0.39, 0.29) is 11.8 Å². The number of amides is 1. The minimum Gasteiger partial charge on any atom is -0.481 e. The zero-order chi connectivity index (χ0) is 11.4. The second kappa shape index (κ2) is 5.11. The summed E-state index contributed by atoms with van der Waals surface area (Å²) in [5, 5.41) is 11.4. The van der Waals surface area contributed by atoms with Crippen LogP contribution in [0.15, 0.2) is 0 Å². The highest BCUT2D eigenvalue weighted by atomic mass is 16.4. The van der Waals surface area contributed by atoms with Gasteiger partial charge in [0.05, 0.1) is 12.5 Å². The van der Waals surface area contributed by atoms with Gasteiger partial charge < -0.3 is 10.4 Å². The lowest BCUT2D eigenvalue weighted by Crippen LogP contribution is -2.53. The average Bonchev–Trinajstić information content (AvgIpc) is 2.06. The topological polar surface area (TPSA) is 69.6 Å². The molecule has 2 N–H and O–H groups in total. The molecule has 1 aliphatic heterocycles. The Labute approximate surface area is 89.4 Å². The third-order valence-electron chi connectivity index (χ3n) is 2.38. The van der Waals surface area contributed by atoms with Crippen molar-refractivity contribution >= 4 is 11.9 Å². The van der Waals surface area contributed by atoms with Crippen LogP contribution in [0.25, 0.3) is 0 Å². The Hall–Kier alpha value is -1.10. The van der Waals surface area contributed by atoms with Crippen molar-refractivity contribution in [1.82, 2.24) is 10.2 Å². The summed E-state index contributed by atoms with van der Waals surface area (Å²) in [6.45, 7) is 6.04. The van der Waals surface area contributed by atoms with Crippen molar-refractivity contribution in [1.29, 1.82) is 0 Å². The Morgan fingerprint density at radius 3 is 2.53 bits per heavy atom. The Balaban J connectivity index is 2.11. The van der Waals surface area contributed by atoms with Crippen LogP contribution in [0.4, 0.5) is 0 Å². The number of likely N-dealkylation sites (tertiary alicyclic amines) is 1. The van der Waals surface area contributed by atoms with Crippen molar-refractivity contribution in [3.05, 3.63) is 0 Å². The molecule has 86 valence electrons. The van der Waals surface area contributed by atoms with Gasteiger partial charge in [-0.05, 0) is 5.92 Å². The Morgan fingerprint density at radius 2 is 2.07 bits per heavy atom. The minimum atomic E-state index is -0.770. The van der Waals surface area contributed by atoms with Crippen LogP contribution in [-0.2, 0) is 9.59 Å². The zero-order valence-corrected chi connectivity index (χ0v) is 9.19. The second-order valence-corrected chi connectivity index (χ2v) is 4.43. The number of carboxylic acid groups (broad SMARTS) is 1. The van der Waals surface area contributed by atoms with Crippen molar-refractivity contribution < 1.29 is 14.7 Å². The Bertz CT molecular complexity index is 247. The van der Waals surface area contributed by atoms with E-state index in [0.29, 0.717) is 32.1 Å². The summed E-state index contributed by atoms with van der Waals surface area (Å²) in [6.07, 6.45) is 0. The summed E-state index contributed by atoms with van der Waals surface area (Å²) in [5.74, 6) is -0.638. The zero-order valence-electron chi connectivity index (χ0n) is 9.19. The lowest BCUT2D eigenvalue weighted by molar-refractivity contribution is -0.148. The van der Waals surface area contributed by atoms with Gasteiger partial charge in [0, 0.05) is 19.6 Å². The van der Waals surface area contributed by atoms with E-state index in [0.717, 1.165) is 0 Å². The highest BCUT2D eigenvalue weighted by Gasteiger charge is 2.33. The predicted molar refractivity (Wildman–Crippen MR) is 55.4 cm³/mol. The summed E-state index contributed by atoms with van der Waals surface area (Å²) in [6, 6.07) is 0. The molecule has 5 heteroatoms. The number of rotatable bonds is 5. The van der Waals surface area contributed by atoms with Crippen LogP contribution in [0.2, 0.25) is 0 Å². The summed E-state index contributed by atoms with van der Waals surface area (Å²) >= 11 is 0. The molecule has 0 saturated carbocycles. The smallest absolute Gasteiger partial charge is 0.309 e. The quantitative estimate of drug-likeness (QED) is 0.663. The van der Waals surface area contributed by atoms with Gasteiger partial charge in [-0.1, -0.05) is 13.8 Å². The standard InChI is InChI=1S/C10H18N2O3/c1-7(2)3-11-9(13)6-12-4-8(5-12)10(14)15/h7-8H,3-6H2,1-2H3,(H,11,13)(H,14,15). The van der Waals surface area contributed by atoms with E-state index in [4.69, 9.17) is 5.11 Å². The van der Waals surface area contributed by atoms with Gasteiger partial charge in [-0.3, -0.25) is 14.5 Å². The molecule has 1 heterocycles.